The highest BCUT2D eigenvalue weighted by atomic mass is 19.4. The van der Waals surface area contributed by atoms with Crippen molar-refractivity contribution in [3.8, 4) is 17.0 Å². The Morgan fingerprint density at radius 2 is 2.06 bits per heavy atom. The molecule has 33 heavy (non-hydrogen) atoms. The molecule has 1 saturated heterocycles. The van der Waals surface area contributed by atoms with Crippen LogP contribution in [-0.2, 0) is 4.74 Å². The molecule has 4 rings (SSSR count). The van der Waals surface area contributed by atoms with Crippen LogP contribution in [0.1, 0.15) is 37.0 Å². The van der Waals surface area contributed by atoms with Crippen LogP contribution in [0.4, 0.5) is 13.2 Å². The first-order valence-corrected chi connectivity index (χ1v) is 10.6. The van der Waals surface area contributed by atoms with Gasteiger partial charge in [-0.1, -0.05) is 12.1 Å². The number of hydrogen-bond donors (Lipinski definition) is 1. The van der Waals surface area contributed by atoms with Gasteiger partial charge in [-0.2, -0.15) is 18.3 Å². The smallest absolute Gasteiger partial charge is 0.413 e. The number of aromatic nitrogens is 2. The molecule has 0 radical (unpaired) electrons. The second-order valence-electron chi connectivity index (χ2n) is 8.33. The van der Waals surface area contributed by atoms with Crippen molar-refractivity contribution in [2.75, 3.05) is 13.7 Å². The van der Waals surface area contributed by atoms with Crippen molar-refractivity contribution in [3.63, 3.8) is 0 Å². The van der Waals surface area contributed by atoms with Crippen molar-refractivity contribution in [2.24, 2.45) is 10.9 Å². The van der Waals surface area contributed by atoms with Crippen molar-refractivity contribution >= 4 is 11.8 Å². The van der Waals surface area contributed by atoms with E-state index in [1.54, 1.807) is 23.2 Å². The number of allylic oxidation sites excluding steroid dienone is 1. The van der Waals surface area contributed by atoms with E-state index < -0.39 is 11.7 Å². The van der Waals surface area contributed by atoms with Crippen molar-refractivity contribution in [1.82, 2.24) is 15.1 Å². The molecule has 2 aliphatic rings. The van der Waals surface area contributed by atoms with E-state index in [0.29, 0.717) is 29.1 Å². The summed E-state index contributed by atoms with van der Waals surface area (Å²) in [5.74, 6) is 0.673. The Hall–Kier alpha value is -3.30. The Balaban J connectivity index is 1.56. The monoisotopic (exact) mass is 462 g/mol. The number of ether oxygens (including phenoxy) is 2. The molecular weight excluding hydrogens is 437 g/mol. The van der Waals surface area contributed by atoms with E-state index in [1.165, 1.54) is 14.0 Å². The SMILES string of the molecule is COc1cccc(-c2ccn[nH]2)c1C(=O)N1CC2CC(OC(C)=N/C=C(\C)C(F)(F)F)C1C2. The van der Waals surface area contributed by atoms with Gasteiger partial charge in [0.15, 0.2) is 5.90 Å². The maximum atomic E-state index is 13.7. The van der Waals surface area contributed by atoms with Crippen molar-refractivity contribution < 1.29 is 27.4 Å². The largest absolute Gasteiger partial charge is 0.496 e. The highest BCUT2D eigenvalue weighted by Gasteiger charge is 2.49. The number of fused-ring (bicyclic) bond motifs is 2. The minimum atomic E-state index is -4.43. The molecule has 2 aromatic rings. The van der Waals surface area contributed by atoms with Gasteiger partial charge in [0.25, 0.3) is 5.91 Å². The minimum Gasteiger partial charge on any atom is -0.496 e. The normalized spacial score (nSPS) is 23.2. The summed E-state index contributed by atoms with van der Waals surface area (Å²) in [6.07, 6.45) is -0.890. The van der Waals surface area contributed by atoms with Crippen LogP contribution in [0.3, 0.4) is 0 Å². The third kappa shape index (κ3) is 4.60. The van der Waals surface area contributed by atoms with E-state index in [4.69, 9.17) is 9.47 Å². The van der Waals surface area contributed by atoms with Gasteiger partial charge in [0, 0.05) is 37.0 Å². The lowest BCUT2D eigenvalue weighted by Gasteiger charge is -2.34. The summed E-state index contributed by atoms with van der Waals surface area (Å²) in [6, 6.07) is 6.97. The van der Waals surface area contributed by atoms with Gasteiger partial charge in [0.1, 0.15) is 11.9 Å². The fourth-order valence-electron chi connectivity index (χ4n) is 4.53. The number of nitrogens with one attached hydrogen (secondary N) is 1. The number of aromatic amines is 1. The topological polar surface area (TPSA) is 79.8 Å². The molecule has 1 N–H and O–H groups in total. The summed E-state index contributed by atoms with van der Waals surface area (Å²) >= 11 is 0. The zero-order valence-electron chi connectivity index (χ0n) is 18.5. The molecule has 1 saturated carbocycles. The number of carbonyl (C=O) groups excluding carboxylic acids is 1. The predicted octanol–water partition coefficient (Wildman–Crippen LogP) is 4.59. The number of nitrogens with zero attached hydrogens (tertiary/aromatic N) is 3. The van der Waals surface area contributed by atoms with Crippen molar-refractivity contribution in [2.45, 2.75) is 45.0 Å². The van der Waals surface area contributed by atoms with E-state index in [9.17, 15) is 18.0 Å². The van der Waals surface area contributed by atoms with E-state index in [-0.39, 0.29) is 29.9 Å². The van der Waals surface area contributed by atoms with Crippen LogP contribution in [0.25, 0.3) is 11.3 Å². The van der Waals surface area contributed by atoms with Gasteiger partial charge >= 0.3 is 6.18 Å². The third-order valence-corrected chi connectivity index (χ3v) is 6.15. The Bertz CT molecular complexity index is 1080. The molecule has 2 bridgehead atoms. The number of likely N-dealkylation sites (tertiary alicyclic amines) is 1. The highest BCUT2D eigenvalue weighted by molar-refractivity contribution is 6.03. The Morgan fingerprint density at radius 3 is 2.70 bits per heavy atom. The summed E-state index contributed by atoms with van der Waals surface area (Å²) in [5.41, 5.74) is 1.01. The zero-order valence-corrected chi connectivity index (χ0v) is 18.5. The first-order chi connectivity index (χ1) is 15.7. The van der Waals surface area contributed by atoms with Crippen LogP contribution < -0.4 is 4.74 Å². The van der Waals surface area contributed by atoms with Crippen LogP contribution in [0.2, 0.25) is 0 Å². The van der Waals surface area contributed by atoms with E-state index in [1.807, 2.05) is 12.1 Å². The Labute approximate surface area is 189 Å². The maximum Gasteiger partial charge on any atom is 0.413 e. The van der Waals surface area contributed by atoms with Crippen LogP contribution in [0, 0.1) is 5.92 Å². The fourth-order valence-corrected chi connectivity index (χ4v) is 4.53. The molecular formula is C23H25F3N4O3. The van der Waals surface area contributed by atoms with Gasteiger partial charge < -0.3 is 14.4 Å². The fraction of sp³-hybridized carbons (Fsp3) is 0.435. The summed E-state index contributed by atoms with van der Waals surface area (Å²) in [5, 5.41) is 6.87. The number of benzene rings is 1. The molecule has 3 atom stereocenters. The number of alkyl halides is 3. The number of carbonyl (C=O) groups is 1. The number of halogens is 3. The molecule has 10 heteroatoms. The highest BCUT2D eigenvalue weighted by Crippen LogP contribution is 2.42. The van der Waals surface area contributed by atoms with Crippen LogP contribution in [-0.4, -0.2) is 58.9 Å². The summed E-state index contributed by atoms with van der Waals surface area (Å²) in [6.45, 7) is 3.07. The number of amides is 1. The van der Waals surface area contributed by atoms with Crippen molar-refractivity contribution in [3.05, 3.63) is 47.8 Å². The average molecular weight is 462 g/mol. The second-order valence-corrected chi connectivity index (χ2v) is 8.33. The lowest BCUT2D eigenvalue weighted by atomic mass is 10.00. The van der Waals surface area contributed by atoms with E-state index >= 15 is 0 Å². The van der Waals surface area contributed by atoms with Crippen LogP contribution in [0.5, 0.6) is 5.75 Å². The second kappa shape index (κ2) is 8.92. The third-order valence-electron chi connectivity index (χ3n) is 6.15. The number of methoxy groups -OCH3 is 1. The standard InChI is InChI=1S/C23H25F3N4O3/c1-13(23(24,25)26)11-27-14(2)33-20-10-15-9-18(20)30(12-15)22(31)21-16(17-7-8-28-29-17)5-4-6-19(21)32-3/h4-8,11,15,18,20H,9-10,12H2,1-3H3,(H,28,29)/b13-11+,27-14?. The lowest BCUT2D eigenvalue weighted by Crippen LogP contribution is -2.46. The molecule has 1 aromatic heterocycles. The first-order valence-electron chi connectivity index (χ1n) is 10.6. The number of H-pyrrole nitrogens is 1. The molecule has 2 heterocycles. The van der Waals surface area contributed by atoms with E-state index in [0.717, 1.165) is 26.0 Å². The zero-order chi connectivity index (χ0) is 23.8. The first kappa shape index (κ1) is 22.9. The molecule has 7 nitrogen and oxygen atoms in total. The van der Waals surface area contributed by atoms with Gasteiger partial charge in [-0.05, 0) is 37.8 Å². The number of aliphatic imine (C=N–C) groups is 1. The molecule has 176 valence electrons. The molecule has 1 aliphatic carbocycles. The van der Waals surface area contributed by atoms with Gasteiger partial charge in [-0.25, -0.2) is 4.99 Å². The number of piperidine rings is 1. The average Bonchev–Trinajstić information content (AvgIpc) is 3.53. The summed E-state index contributed by atoms with van der Waals surface area (Å²) in [7, 11) is 1.52. The number of rotatable bonds is 5. The number of hydrogen-bond acceptors (Lipinski definition) is 5. The molecule has 1 aliphatic heterocycles. The minimum absolute atomic E-state index is 0.138. The molecule has 1 aromatic carbocycles. The lowest BCUT2D eigenvalue weighted by molar-refractivity contribution is -0.0915. The van der Waals surface area contributed by atoms with Gasteiger partial charge in [-0.3, -0.25) is 9.89 Å². The van der Waals surface area contributed by atoms with Gasteiger partial charge in [-0.15, -0.1) is 0 Å². The molecule has 3 unspecified atom stereocenters. The molecule has 2 fully saturated rings. The predicted molar refractivity (Wildman–Crippen MR) is 116 cm³/mol. The van der Waals surface area contributed by atoms with Gasteiger partial charge in [0.2, 0.25) is 0 Å². The molecule has 0 spiro atoms. The Kier molecular flexibility index (Phi) is 6.18. The summed E-state index contributed by atoms with van der Waals surface area (Å²) in [4.78, 5) is 19.3. The van der Waals surface area contributed by atoms with Crippen molar-refractivity contribution in [1.29, 1.82) is 0 Å². The Morgan fingerprint density at radius 1 is 1.27 bits per heavy atom. The maximum absolute atomic E-state index is 13.7. The van der Waals surface area contributed by atoms with Crippen LogP contribution in [0.15, 0.2) is 47.2 Å². The van der Waals surface area contributed by atoms with Gasteiger partial charge in [0.05, 0.1) is 24.4 Å². The van der Waals surface area contributed by atoms with E-state index in [2.05, 4.69) is 15.2 Å². The van der Waals surface area contributed by atoms with Crippen LogP contribution >= 0.6 is 0 Å². The molecule has 1 amide bonds. The summed E-state index contributed by atoms with van der Waals surface area (Å²) < 4.78 is 49.4. The quantitative estimate of drug-likeness (QED) is 0.521.